The van der Waals surface area contributed by atoms with Gasteiger partial charge in [-0.15, -0.1) is 0 Å². The van der Waals surface area contributed by atoms with Crippen LogP contribution in [0.25, 0.3) is 0 Å². The lowest BCUT2D eigenvalue weighted by atomic mass is 10.3. The van der Waals surface area contributed by atoms with E-state index in [2.05, 4.69) is 4.98 Å². The van der Waals surface area contributed by atoms with Crippen LogP contribution in [0.3, 0.4) is 0 Å². The van der Waals surface area contributed by atoms with E-state index >= 15 is 0 Å². The van der Waals surface area contributed by atoms with Crippen LogP contribution in [0.4, 0.5) is 0 Å². The second kappa shape index (κ2) is 4.38. The smallest absolute Gasteiger partial charge is 0.264 e. The molecule has 0 bridgehead atoms. The summed E-state index contributed by atoms with van der Waals surface area (Å²) < 4.78 is 31.0. The molecule has 74 valence electrons. The molecular formula is C7H13N2O3S+. The van der Waals surface area contributed by atoms with Gasteiger partial charge < -0.3 is 0 Å². The van der Waals surface area contributed by atoms with Crippen LogP contribution >= 0.6 is 0 Å². The number of aryl methyl sites for hydroxylation is 1. The standard InChI is InChI=1S/C7H12N2O3S/c10-13(11,12)6-2-1-4-9-5-3-8-7-9/h3,5,7H,1-2,4,6H2,(H,10,11,12)/p+1. The Labute approximate surface area is 77.2 Å². The van der Waals surface area contributed by atoms with Crippen molar-refractivity contribution in [1.29, 1.82) is 0 Å². The summed E-state index contributed by atoms with van der Waals surface area (Å²) in [6, 6.07) is 0. The number of hydrogen-bond acceptors (Lipinski definition) is 2. The molecule has 0 aromatic carbocycles. The van der Waals surface area contributed by atoms with Gasteiger partial charge in [-0.1, -0.05) is 0 Å². The van der Waals surface area contributed by atoms with Gasteiger partial charge in [0.2, 0.25) is 6.33 Å². The van der Waals surface area contributed by atoms with E-state index in [0.29, 0.717) is 6.42 Å². The molecule has 0 radical (unpaired) electrons. The van der Waals surface area contributed by atoms with Gasteiger partial charge in [0.05, 0.1) is 12.3 Å². The van der Waals surface area contributed by atoms with Crippen LogP contribution in [0.1, 0.15) is 12.8 Å². The number of imidazole rings is 1. The SMILES string of the molecule is O=S(=O)(O)CCCC[n+]1cc[nH]c1. The Morgan fingerprint density at radius 2 is 2.15 bits per heavy atom. The van der Waals surface area contributed by atoms with Crippen molar-refractivity contribution in [3.05, 3.63) is 18.7 Å². The molecule has 13 heavy (non-hydrogen) atoms. The van der Waals surface area contributed by atoms with Crippen molar-refractivity contribution in [1.82, 2.24) is 4.98 Å². The molecule has 2 N–H and O–H groups in total. The second-order valence-corrected chi connectivity index (χ2v) is 4.41. The molecule has 0 unspecified atom stereocenters. The first-order valence-corrected chi connectivity index (χ1v) is 5.66. The van der Waals surface area contributed by atoms with Crippen LogP contribution in [0, 0.1) is 0 Å². The summed E-state index contributed by atoms with van der Waals surface area (Å²) in [7, 11) is -3.78. The topological polar surface area (TPSA) is 74.0 Å². The first-order valence-electron chi connectivity index (χ1n) is 4.05. The molecule has 1 heterocycles. The van der Waals surface area contributed by atoms with E-state index < -0.39 is 10.1 Å². The Morgan fingerprint density at radius 3 is 2.69 bits per heavy atom. The Bertz CT molecular complexity index is 331. The highest BCUT2D eigenvalue weighted by Gasteiger charge is 2.04. The van der Waals surface area contributed by atoms with Gasteiger partial charge in [-0.2, -0.15) is 8.42 Å². The maximum absolute atomic E-state index is 10.3. The van der Waals surface area contributed by atoms with Gasteiger partial charge in [0, 0.05) is 0 Å². The summed E-state index contributed by atoms with van der Waals surface area (Å²) in [4.78, 5) is 2.88. The zero-order valence-corrected chi connectivity index (χ0v) is 8.00. The molecule has 0 aliphatic carbocycles. The average molecular weight is 205 g/mol. The van der Waals surface area contributed by atoms with Crippen LogP contribution in [0.15, 0.2) is 18.7 Å². The molecule has 1 rings (SSSR count). The summed E-state index contributed by atoms with van der Waals surface area (Å²) in [6.45, 7) is 0.763. The van der Waals surface area contributed by atoms with E-state index in [1.54, 1.807) is 12.5 Å². The second-order valence-electron chi connectivity index (χ2n) is 2.84. The highest BCUT2D eigenvalue weighted by atomic mass is 32.2. The number of aromatic nitrogens is 2. The molecule has 0 amide bonds. The van der Waals surface area contributed by atoms with E-state index in [4.69, 9.17) is 4.55 Å². The predicted octanol–water partition coefficient (Wildman–Crippen LogP) is -0.0298. The van der Waals surface area contributed by atoms with Gasteiger partial charge in [-0.25, -0.2) is 4.57 Å². The summed E-state index contributed by atoms with van der Waals surface area (Å²) >= 11 is 0. The van der Waals surface area contributed by atoms with E-state index in [0.717, 1.165) is 13.0 Å². The normalized spacial score (nSPS) is 11.8. The maximum Gasteiger partial charge on any atom is 0.264 e. The fourth-order valence-corrected chi connectivity index (χ4v) is 1.61. The Morgan fingerprint density at radius 1 is 1.38 bits per heavy atom. The fourth-order valence-electron chi connectivity index (χ4n) is 1.04. The molecule has 0 aliphatic heterocycles. The van der Waals surface area contributed by atoms with Crippen molar-refractivity contribution in [2.75, 3.05) is 5.75 Å². The monoisotopic (exact) mass is 205 g/mol. The zero-order chi connectivity index (χ0) is 9.73. The molecular weight excluding hydrogens is 192 g/mol. The molecule has 0 aliphatic rings. The molecule has 0 saturated carbocycles. The molecule has 5 nitrogen and oxygen atoms in total. The zero-order valence-electron chi connectivity index (χ0n) is 7.18. The van der Waals surface area contributed by atoms with Crippen molar-refractivity contribution in [2.24, 2.45) is 0 Å². The third-order valence-corrected chi connectivity index (χ3v) is 2.48. The van der Waals surface area contributed by atoms with Gasteiger partial charge in [-0.05, 0) is 12.8 Å². The van der Waals surface area contributed by atoms with Crippen LogP contribution < -0.4 is 4.57 Å². The first kappa shape index (κ1) is 10.2. The third-order valence-electron chi connectivity index (χ3n) is 1.67. The minimum Gasteiger partial charge on any atom is -0.286 e. The molecule has 1 aromatic heterocycles. The average Bonchev–Trinajstić information content (AvgIpc) is 2.48. The molecule has 6 heteroatoms. The summed E-state index contributed by atoms with van der Waals surface area (Å²) in [5.74, 6) is -0.155. The Balaban J connectivity index is 2.16. The van der Waals surface area contributed by atoms with Crippen LogP contribution in [0.5, 0.6) is 0 Å². The Hall–Kier alpha value is -0.880. The summed E-state index contributed by atoms with van der Waals surface area (Å²) in [6.07, 6.45) is 6.68. The van der Waals surface area contributed by atoms with E-state index in [9.17, 15) is 8.42 Å². The van der Waals surface area contributed by atoms with Crippen molar-refractivity contribution < 1.29 is 17.5 Å². The minimum atomic E-state index is -3.78. The van der Waals surface area contributed by atoms with E-state index in [1.807, 2.05) is 10.8 Å². The lowest BCUT2D eigenvalue weighted by Crippen LogP contribution is -2.30. The van der Waals surface area contributed by atoms with Crippen LogP contribution in [-0.2, 0) is 16.7 Å². The van der Waals surface area contributed by atoms with Crippen LogP contribution in [-0.4, -0.2) is 23.7 Å². The quantitative estimate of drug-likeness (QED) is 0.403. The highest BCUT2D eigenvalue weighted by molar-refractivity contribution is 7.85. The number of H-pyrrole nitrogens is 1. The number of rotatable bonds is 5. The van der Waals surface area contributed by atoms with E-state index in [1.165, 1.54) is 0 Å². The van der Waals surface area contributed by atoms with Gasteiger partial charge in [-0.3, -0.25) is 9.54 Å². The van der Waals surface area contributed by atoms with Crippen LogP contribution in [0.2, 0.25) is 0 Å². The lowest BCUT2D eigenvalue weighted by Gasteiger charge is -1.96. The molecule has 0 atom stereocenters. The molecule has 0 spiro atoms. The molecule has 1 aromatic rings. The predicted molar refractivity (Wildman–Crippen MR) is 46.6 cm³/mol. The summed E-state index contributed by atoms with van der Waals surface area (Å²) in [5.41, 5.74) is 0. The molecule has 0 saturated heterocycles. The lowest BCUT2D eigenvalue weighted by molar-refractivity contribution is -0.696. The van der Waals surface area contributed by atoms with Crippen molar-refractivity contribution in [3.63, 3.8) is 0 Å². The van der Waals surface area contributed by atoms with Crippen molar-refractivity contribution in [3.8, 4) is 0 Å². The third kappa shape index (κ3) is 4.64. The highest BCUT2D eigenvalue weighted by Crippen LogP contribution is 1.93. The van der Waals surface area contributed by atoms with Gasteiger partial charge in [0.25, 0.3) is 10.1 Å². The first-order chi connectivity index (χ1) is 6.08. The van der Waals surface area contributed by atoms with Gasteiger partial charge >= 0.3 is 0 Å². The number of unbranched alkanes of at least 4 members (excludes halogenated alkanes) is 1. The minimum absolute atomic E-state index is 0.155. The fraction of sp³-hybridized carbons (Fsp3) is 0.571. The number of hydrogen-bond donors (Lipinski definition) is 2. The van der Waals surface area contributed by atoms with Crippen molar-refractivity contribution >= 4 is 10.1 Å². The number of aromatic amines is 1. The summed E-state index contributed by atoms with van der Waals surface area (Å²) in [5, 5.41) is 0. The maximum atomic E-state index is 10.3. The number of nitrogens with one attached hydrogen (secondary N) is 1. The Kier molecular flexibility index (Phi) is 3.44. The largest absolute Gasteiger partial charge is 0.286 e. The molecule has 0 fully saturated rings. The van der Waals surface area contributed by atoms with Gasteiger partial charge in [0.1, 0.15) is 12.4 Å². The van der Waals surface area contributed by atoms with Crippen molar-refractivity contribution in [2.45, 2.75) is 19.4 Å². The van der Waals surface area contributed by atoms with Gasteiger partial charge in [0.15, 0.2) is 0 Å². The van der Waals surface area contributed by atoms with E-state index in [-0.39, 0.29) is 5.75 Å². The number of nitrogens with zero attached hydrogens (tertiary/aromatic N) is 1.